The first-order valence-corrected chi connectivity index (χ1v) is 8.28. The third-order valence-corrected chi connectivity index (χ3v) is 3.96. The van der Waals surface area contributed by atoms with Crippen LogP contribution in [0.2, 0.25) is 5.02 Å². The summed E-state index contributed by atoms with van der Waals surface area (Å²) in [7, 11) is 1.51. The van der Waals surface area contributed by atoms with Crippen molar-refractivity contribution in [1.29, 1.82) is 0 Å². The third kappa shape index (κ3) is 5.37. The van der Waals surface area contributed by atoms with Crippen LogP contribution in [0, 0.1) is 6.92 Å². The van der Waals surface area contributed by atoms with Crippen LogP contribution in [0.5, 0.6) is 11.5 Å². The molecule has 134 valence electrons. The van der Waals surface area contributed by atoms with E-state index in [9.17, 15) is 9.90 Å². The number of aliphatic hydroxyl groups excluding tert-OH is 1. The zero-order valence-corrected chi connectivity index (χ0v) is 15.3. The van der Waals surface area contributed by atoms with Crippen LogP contribution < -0.4 is 14.8 Å². The number of rotatable bonds is 8. The predicted molar refractivity (Wildman–Crippen MR) is 99.2 cm³/mol. The van der Waals surface area contributed by atoms with E-state index in [1.807, 2.05) is 25.1 Å². The topological polar surface area (TPSA) is 67.8 Å². The third-order valence-electron chi connectivity index (χ3n) is 3.73. The van der Waals surface area contributed by atoms with Gasteiger partial charge in [0.25, 0.3) is 0 Å². The molecule has 0 amide bonds. The first kappa shape index (κ1) is 19.1. The fourth-order valence-corrected chi connectivity index (χ4v) is 2.44. The number of hydrogen-bond acceptors (Lipinski definition) is 5. The van der Waals surface area contributed by atoms with Gasteiger partial charge in [0.15, 0.2) is 17.3 Å². The summed E-state index contributed by atoms with van der Waals surface area (Å²) >= 11 is 5.98. The van der Waals surface area contributed by atoms with Gasteiger partial charge in [-0.25, -0.2) is 0 Å². The molecule has 0 fully saturated rings. The van der Waals surface area contributed by atoms with Crippen molar-refractivity contribution >= 4 is 23.1 Å². The van der Waals surface area contributed by atoms with E-state index in [2.05, 4.69) is 5.32 Å². The zero-order valence-electron chi connectivity index (χ0n) is 14.5. The summed E-state index contributed by atoms with van der Waals surface area (Å²) in [4.78, 5) is 11.4. The molecule has 5 nitrogen and oxygen atoms in total. The number of hydrogen-bond donors (Lipinski definition) is 2. The molecule has 0 aliphatic rings. The van der Waals surface area contributed by atoms with Crippen LogP contribution in [0.1, 0.15) is 22.8 Å². The highest BCUT2D eigenvalue weighted by atomic mass is 35.5. The van der Waals surface area contributed by atoms with Gasteiger partial charge in [-0.15, -0.1) is 0 Å². The number of carbonyl (C=O) groups excluding carboxylic acids is 1. The van der Waals surface area contributed by atoms with Gasteiger partial charge in [0.05, 0.1) is 7.11 Å². The lowest BCUT2D eigenvalue weighted by molar-refractivity contribution is 0.101. The van der Waals surface area contributed by atoms with Crippen LogP contribution in [0.4, 0.5) is 5.69 Å². The minimum Gasteiger partial charge on any atom is -0.493 e. The molecule has 0 aliphatic heterocycles. The van der Waals surface area contributed by atoms with Crippen molar-refractivity contribution in [2.45, 2.75) is 20.0 Å². The van der Waals surface area contributed by atoms with Crippen LogP contribution in [0.3, 0.4) is 0 Å². The number of methoxy groups -OCH3 is 1. The Labute approximate surface area is 152 Å². The number of ketones is 1. The standard InChI is InChI=1S/C19H22ClNO4/c1-12-4-6-15(20)9-17(12)21-10-16(23)11-25-18-7-5-14(13(2)22)8-19(18)24-3/h4-9,16,21,23H,10-11H2,1-3H3/t16-/m1/s1. The molecule has 0 unspecified atom stereocenters. The highest BCUT2D eigenvalue weighted by molar-refractivity contribution is 6.30. The minimum atomic E-state index is -0.726. The maximum atomic E-state index is 11.4. The lowest BCUT2D eigenvalue weighted by Crippen LogP contribution is -2.26. The monoisotopic (exact) mass is 363 g/mol. The molecule has 2 rings (SSSR count). The summed E-state index contributed by atoms with van der Waals surface area (Å²) in [6.45, 7) is 3.85. The number of ether oxygens (including phenoxy) is 2. The van der Waals surface area contributed by atoms with Gasteiger partial charge in [0.2, 0.25) is 0 Å². The van der Waals surface area contributed by atoms with Gasteiger partial charge in [-0.2, -0.15) is 0 Å². The Balaban J connectivity index is 1.92. The molecular weight excluding hydrogens is 342 g/mol. The summed E-state index contributed by atoms with van der Waals surface area (Å²) < 4.78 is 10.9. The second kappa shape index (κ2) is 8.74. The summed E-state index contributed by atoms with van der Waals surface area (Å²) in [6, 6.07) is 10.5. The van der Waals surface area contributed by atoms with E-state index in [0.29, 0.717) is 28.6 Å². The van der Waals surface area contributed by atoms with Gasteiger partial charge < -0.3 is 19.9 Å². The number of Topliss-reactive ketones (excluding diaryl/α,β-unsaturated/α-hetero) is 1. The van der Waals surface area contributed by atoms with Crippen LogP contribution >= 0.6 is 11.6 Å². The van der Waals surface area contributed by atoms with E-state index in [4.69, 9.17) is 21.1 Å². The molecule has 0 saturated carbocycles. The average Bonchev–Trinajstić information content (AvgIpc) is 2.60. The van der Waals surface area contributed by atoms with E-state index < -0.39 is 6.10 Å². The van der Waals surface area contributed by atoms with E-state index in [0.717, 1.165) is 11.3 Å². The van der Waals surface area contributed by atoms with Crippen molar-refractivity contribution in [1.82, 2.24) is 0 Å². The number of benzene rings is 2. The van der Waals surface area contributed by atoms with E-state index in [-0.39, 0.29) is 12.4 Å². The summed E-state index contributed by atoms with van der Waals surface area (Å²) in [6.07, 6.45) is -0.726. The summed E-state index contributed by atoms with van der Waals surface area (Å²) in [5, 5.41) is 13.9. The molecule has 0 bridgehead atoms. The smallest absolute Gasteiger partial charge is 0.161 e. The molecule has 0 saturated heterocycles. The van der Waals surface area contributed by atoms with Crippen molar-refractivity contribution in [2.75, 3.05) is 25.6 Å². The first-order valence-electron chi connectivity index (χ1n) is 7.90. The number of aryl methyl sites for hydroxylation is 1. The van der Waals surface area contributed by atoms with Crippen molar-refractivity contribution in [3.05, 3.63) is 52.5 Å². The molecule has 0 radical (unpaired) electrons. The second-order valence-corrected chi connectivity index (χ2v) is 6.16. The van der Waals surface area contributed by atoms with Gasteiger partial charge in [0, 0.05) is 22.8 Å². The van der Waals surface area contributed by atoms with Crippen LogP contribution in [-0.2, 0) is 0 Å². The Morgan fingerprint density at radius 1 is 1.24 bits per heavy atom. The molecule has 2 aromatic rings. The van der Waals surface area contributed by atoms with Crippen molar-refractivity contribution < 1.29 is 19.4 Å². The van der Waals surface area contributed by atoms with Gasteiger partial charge in [0.1, 0.15) is 12.7 Å². The van der Waals surface area contributed by atoms with Crippen molar-refractivity contribution in [3.63, 3.8) is 0 Å². The lowest BCUT2D eigenvalue weighted by atomic mass is 10.1. The minimum absolute atomic E-state index is 0.0500. The number of nitrogens with one attached hydrogen (secondary N) is 1. The van der Waals surface area contributed by atoms with Gasteiger partial charge in [-0.05, 0) is 49.7 Å². The maximum Gasteiger partial charge on any atom is 0.161 e. The Morgan fingerprint density at radius 3 is 2.68 bits per heavy atom. The normalized spacial score (nSPS) is 11.7. The maximum absolute atomic E-state index is 11.4. The highest BCUT2D eigenvalue weighted by Crippen LogP contribution is 2.28. The Bertz CT molecular complexity index is 748. The van der Waals surface area contributed by atoms with E-state index >= 15 is 0 Å². The molecule has 2 aromatic carbocycles. The molecule has 25 heavy (non-hydrogen) atoms. The quantitative estimate of drug-likeness (QED) is 0.700. The molecule has 0 heterocycles. The fourth-order valence-electron chi connectivity index (χ4n) is 2.26. The van der Waals surface area contributed by atoms with Crippen molar-refractivity contribution in [2.24, 2.45) is 0 Å². The summed E-state index contributed by atoms with van der Waals surface area (Å²) in [5.41, 5.74) is 2.46. The van der Waals surface area contributed by atoms with Crippen LogP contribution in [0.25, 0.3) is 0 Å². The average molecular weight is 364 g/mol. The Hall–Kier alpha value is -2.24. The van der Waals surface area contributed by atoms with E-state index in [1.165, 1.54) is 14.0 Å². The van der Waals surface area contributed by atoms with Gasteiger partial charge in [-0.3, -0.25) is 4.79 Å². The highest BCUT2D eigenvalue weighted by Gasteiger charge is 2.11. The first-order chi connectivity index (χ1) is 11.9. The van der Waals surface area contributed by atoms with Crippen LogP contribution in [-0.4, -0.2) is 37.3 Å². The SMILES string of the molecule is COc1cc(C(C)=O)ccc1OC[C@H](O)CNc1cc(Cl)ccc1C. The fraction of sp³-hybridized carbons (Fsp3) is 0.316. The number of halogens is 1. The number of anilines is 1. The van der Waals surface area contributed by atoms with Crippen molar-refractivity contribution in [3.8, 4) is 11.5 Å². The molecule has 1 atom stereocenters. The number of aliphatic hydroxyl groups is 1. The molecule has 2 N–H and O–H groups in total. The lowest BCUT2D eigenvalue weighted by Gasteiger charge is -2.17. The Kier molecular flexibility index (Phi) is 6.67. The Morgan fingerprint density at radius 2 is 2.00 bits per heavy atom. The molecular formula is C19H22ClNO4. The molecule has 0 spiro atoms. The largest absolute Gasteiger partial charge is 0.493 e. The zero-order chi connectivity index (χ0) is 18.4. The van der Waals surface area contributed by atoms with Gasteiger partial charge >= 0.3 is 0 Å². The van der Waals surface area contributed by atoms with E-state index in [1.54, 1.807) is 18.2 Å². The predicted octanol–water partition coefficient (Wildman–Crippen LogP) is 3.71. The molecule has 6 heteroatoms. The molecule has 0 aliphatic carbocycles. The van der Waals surface area contributed by atoms with Gasteiger partial charge in [-0.1, -0.05) is 17.7 Å². The van der Waals surface area contributed by atoms with Crippen LogP contribution in [0.15, 0.2) is 36.4 Å². The summed E-state index contributed by atoms with van der Waals surface area (Å²) in [5.74, 6) is 0.884. The molecule has 0 aromatic heterocycles. The number of carbonyl (C=O) groups is 1. The second-order valence-electron chi connectivity index (χ2n) is 5.73.